The summed E-state index contributed by atoms with van der Waals surface area (Å²) >= 11 is 0. The fourth-order valence-electron chi connectivity index (χ4n) is 0.861. The number of amides is 1. The van der Waals surface area contributed by atoms with Crippen molar-refractivity contribution in [3.05, 3.63) is 35.6 Å². The molecule has 1 aromatic rings. The lowest BCUT2D eigenvalue weighted by Crippen LogP contribution is -2.22. The Morgan fingerprint density at radius 1 is 1.54 bits per heavy atom. The van der Waals surface area contributed by atoms with Gasteiger partial charge in [-0.05, 0) is 12.1 Å². The summed E-state index contributed by atoms with van der Waals surface area (Å²) in [5.74, 6) is -1.25. The number of hydrogen-bond donors (Lipinski definition) is 0. The standard InChI is InChI=1S/C9H7FN2O/c1-12(6-11)9(13)7-4-2-3-5-8(7)10/h2-5H,1H3. The van der Waals surface area contributed by atoms with Gasteiger partial charge in [-0.2, -0.15) is 5.26 Å². The maximum atomic E-state index is 13.0. The van der Waals surface area contributed by atoms with Crippen molar-refractivity contribution in [2.45, 2.75) is 0 Å². The normalized spacial score (nSPS) is 9.00. The van der Waals surface area contributed by atoms with Crippen LogP contribution in [-0.2, 0) is 0 Å². The molecule has 0 heterocycles. The Hall–Kier alpha value is -1.89. The molecule has 0 N–H and O–H groups in total. The number of nitrogens with zero attached hydrogens (tertiary/aromatic N) is 2. The monoisotopic (exact) mass is 178 g/mol. The van der Waals surface area contributed by atoms with Crippen LogP contribution < -0.4 is 0 Å². The average molecular weight is 178 g/mol. The third kappa shape index (κ3) is 1.82. The van der Waals surface area contributed by atoms with E-state index in [4.69, 9.17) is 5.26 Å². The summed E-state index contributed by atoms with van der Waals surface area (Å²) < 4.78 is 13.0. The second kappa shape index (κ2) is 3.68. The highest BCUT2D eigenvalue weighted by molar-refractivity contribution is 5.95. The molecule has 66 valence electrons. The summed E-state index contributed by atoms with van der Waals surface area (Å²) in [6, 6.07) is 5.55. The van der Waals surface area contributed by atoms with E-state index in [9.17, 15) is 9.18 Å². The van der Waals surface area contributed by atoms with E-state index in [1.807, 2.05) is 0 Å². The van der Waals surface area contributed by atoms with Crippen LogP contribution in [0.5, 0.6) is 0 Å². The van der Waals surface area contributed by atoms with Crippen molar-refractivity contribution in [3.8, 4) is 6.19 Å². The van der Waals surface area contributed by atoms with Gasteiger partial charge in [0.2, 0.25) is 0 Å². The first-order valence-corrected chi connectivity index (χ1v) is 3.59. The third-order valence-corrected chi connectivity index (χ3v) is 1.56. The Morgan fingerprint density at radius 2 is 2.15 bits per heavy atom. The smallest absolute Gasteiger partial charge is 0.268 e. The van der Waals surface area contributed by atoms with Gasteiger partial charge in [-0.15, -0.1) is 0 Å². The van der Waals surface area contributed by atoms with Crippen LogP contribution in [0.15, 0.2) is 24.3 Å². The van der Waals surface area contributed by atoms with Gasteiger partial charge in [0.25, 0.3) is 5.91 Å². The Kier molecular flexibility index (Phi) is 2.60. The molecular weight excluding hydrogens is 171 g/mol. The van der Waals surface area contributed by atoms with Crippen LogP contribution in [0.1, 0.15) is 10.4 Å². The van der Waals surface area contributed by atoms with E-state index in [0.29, 0.717) is 0 Å². The largest absolute Gasteiger partial charge is 0.269 e. The first-order valence-electron chi connectivity index (χ1n) is 3.59. The predicted molar refractivity (Wildman–Crippen MR) is 44.1 cm³/mol. The highest BCUT2D eigenvalue weighted by Gasteiger charge is 2.14. The summed E-state index contributed by atoms with van der Waals surface area (Å²) in [6.45, 7) is 0. The van der Waals surface area contributed by atoms with Gasteiger partial charge < -0.3 is 0 Å². The Labute approximate surface area is 75.0 Å². The van der Waals surface area contributed by atoms with Crippen molar-refractivity contribution in [1.29, 1.82) is 5.26 Å². The number of halogens is 1. The van der Waals surface area contributed by atoms with Gasteiger partial charge in [-0.3, -0.25) is 4.79 Å². The van der Waals surface area contributed by atoms with Crippen LogP contribution >= 0.6 is 0 Å². The van der Waals surface area contributed by atoms with Crippen molar-refractivity contribution in [1.82, 2.24) is 4.90 Å². The molecule has 13 heavy (non-hydrogen) atoms. The average Bonchev–Trinajstić information content (AvgIpc) is 2.16. The van der Waals surface area contributed by atoms with Crippen molar-refractivity contribution in [2.24, 2.45) is 0 Å². The maximum absolute atomic E-state index is 13.0. The van der Waals surface area contributed by atoms with Crippen molar-refractivity contribution in [2.75, 3.05) is 7.05 Å². The van der Waals surface area contributed by atoms with Crippen molar-refractivity contribution < 1.29 is 9.18 Å². The van der Waals surface area contributed by atoms with Crippen LogP contribution in [0, 0.1) is 17.3 Å². The number of nitriles is 1. The zero-order valence-electron chi connectivity index (χ0n) is 6.99. The predicted octanol–water partition coefficient (Wildman–Crippen LogP) is 1.38. The van der Waals surface area contributed by atoms with E-state index in [0.717, 1.165) is 4.90 Å². The second-order valence-corrected chi connectivity index (χ2v) is 2.44. The number of rotatable bonds is 1. The van der Waals surface area contributed by atoms with E-state index >= 15 is 0 Å². The van der Waals surface area contributed by atoms with E-state index in [1.54, 1.807) is 12.3 Å². The summed E-state index contributed by atoms with van der Waals surface area (Å²) in [4.78, 5) is 12.0. The number of hydrogen-bond acceptors (Lipinski definition) is 2. The van der Waals surface area contributed by atoms with E-state index in [1.165, 1.54) is 25.2 Å². The van der Waals surface area contributed by atoms with Gasteiger partial charge in [0.1, 0.15) is 5.82 Å². The number of benzene rings is 1. The SMILES string of the molecule is CN(C#N)C(=O)c1ccccc1F. The summed E-state index contributed by atoms with van der Waals surface area (Å²) in [7, 11) is 1.29. The fourth-order valence-corrected chi connectivity index (χ4v) is 0.861. The van der Waals surface area contributed by atoms with Crippen molar-refractivity contribution >= 4 is 5.91 Å². The van der Waals surface area contributed by atoms with Crippen LogP contribution in [0.25, 0.3) is 0 Å². The lowest BCUT2D eigenvalue weighted by molar-refractivity contribution is 0.0854. The molecule has 0 aliphatic rings. The molecule has 0 bridgehead atoms. The number of carbonyl (C=O) groups excluding carboxylic acids is 1. The minimum atomic E-state index is -0.638. The van der Waals surface area contributed by atoms with Gasteiger partial charge in [0.05, 0.1) is 5.56 Å². The van der Waals surface area contributed by atoms with Crippen LogP contribution in [-0.4, -0.2) is 17.9 Å². The van der Waals surface area contributed by atoms with Gasteiger partial charge in [0.15, 0.2) is 6.19 Å². The zero-order valence-corrected chi connectivity index (χ0v) is 6.99. The molecule has 0 unspecified atom stereocenters. The molecule has 3 nitrogen and oxygen atoms in total. The van der Waals surface area contributed by atoms with E-state index in [-0.39, 0.29) is 5.56 Å². The molecule has 0 saturated carbocycles. The Bertz CT molecular complexity index is 370. The molecule has 1 aromatic carbocycles. The van der Waals surface area contributed by atoms with Crippen LogP contribution in [0.4, 0.5) is 4.39 Å². The fraction of sp³-hybridized carbons (Fsp3) is 0.111. The number of carbonyl (C=O) groups is 1. The molecule has 4 heteroatoms. The van der Waals surface area contributed by atoms with E-state index < -0.39 is 11.7 Å². The van der Waals surface area contributed by atoms with E-state index in [2.05, 4.69) is 0 Å². The van der Waals surface area contributed by atoms with Crippen LogP contribution in [0.3, 0.4) is 0 Å². The molecule has 1 amide bonds. The van der Waals surface area contributed by atoms with Gasteiger partial charge in [-0.1, -0.05) is 12.1 Å². The van der Waals surface area contributed by atoms with Crippen molar-refractivity contribution in [3.63, 3.8) is 0 Å². The zero-order chi connectivity index (χ0) is 9.84. The second-order valence-electron chi connectivity index (χ2n) is 2.44. The van der Waals surface area contributed by atoms with Gasteiger partial charge >= 0.3 is 0 Å². The molecule has 1 rings (SSSR count). The summed E-state index contributed by atoms with van der Waals surface area (Å²) in [5.41, 5.74) is -0.0912. The first-order chi connectivity index (χ1) is 6.16. The molecule has 0 aliphatic carbocycles. The summed E-state index contributed by atoms with van der Waals surface area (Å²) in [6.07, 6.45) is 1.61. The molecule has 0 saturated heterocycles. The first kappa shape index (κ1) is 9.20. The molecule has 0 aliphatic heterocycles. The highest BCUT2D eigenvalue weighted by atomic mass is 19.1. The van der Waals surface area contributed by atoms with Gasteiger partial charge in [0, 0.05) is 7.05 Å². The third-order valence-electron chi connectivity index (χ3n) is 1.56. The van der Waals surface area contributed by atoms with Crippen LogP contribution in [0.2, 0.25) is 0 Å². The molecular formula is C9H7FN2O. The quantitative estimate of drug-likeness (QED) is 0.481. The highest BCUT2D eigenvalue weighted by Crippen LogP contribution is 2.08. The molecule has 0 atom stereocenters. The molecule has 0 radical (unpaired) electrons. The Balaban J connectivity index is 3.04. The molecule has 0 fully saturated rings. The topological polar surface area (TPSA) is 44.1 Å². The lowest BCUT2D eigenvalue weighted by Gasteiger charge is -2.06. The molecule has 0 aromatic heterocycles. The Morgan fingerprint density at radius 3 is 2.69 bits per heavy atom. The minimum Gasteiger partial charge on any atom is -0.268 e. The minimum absolute atomic E-state index is 0.0912. The van der Waals surface area contributed by atoms with Gasteiger partial charge in [-0.25, -0.2) is 9.29 Å². The summed E-state index contributed by atoms with van der Waals surface area (Å²) in [5, 5.41) is 8.39. The lowest BCUT2D eigenvalue weighted by atomic mass is 10.2. The molecule has 0 spiro atoms. The maximum Gasteiger partial charge on any atom is 0.269 e.